The van der Waals surface area contributed by atoms with Crippen LogP contribution in [0.25, 0.3) is 0 Å². The van der Waals surface area contributed by atoms with Gasteiger partial charge in [-0.15, -0.1) is 0 Å². The summed E-state index contributed by atoms with van der Waals surface area (Å²) in [6.45, 7) is 5.31. The maximum Gasteiger partial charge on any atom is 0.410 e. The molecule has 1 fully saturated rings. The van der Waals surface area contributed by atoms with Crippen molar-refractivity contribution in [2.24, 2.45) is 5.73 Å². The smallest absolute Gasteiger partial charge is 0.410 e. The van der Waals surface area contributed by atoms with Gasteiger partial charge in [0.05, 0.1) is 13.2 Å². The molecule has 1 saturated carbocycles. The van der Waals surface area contributed by atoms with E-state index in [1.165, 1.54) is 19.2 Å². The predicted octanol–water partition coefficient (Wildman–Crippen LogP) is 3.44. The Balaban J connectivity index is 2.49. The molecule has 1 amide bonds. The van der Waals surface area contributed by atoms with Crippen molar-refractivity contribution in [2.75, 3.05) is 7.11 Å². The largest absolute Gasteiger partial charge is 0.490 e. The van der Waals surface area contributed by atoms with Crippen molar-refractivity contribution in [2.45, 2.75) is 44.6 Å². The van der Waals surface area contributed by atoms with Crippen LogP contribution in [0.2, 0.25) is 0 Å². The van der Waals surface area contributed by atoms with Gasteiger partial charge in [0.2, 0.25) is 0 Å². The third-order valence-electron chi connectivity index (χ3n) is 4.10. The fourth-order valence-corrected chi connectivity index (χ4v) is 2.96. The quantitative estimate of drug-likeness (QED) is 0.626. The zero-order valence-electron chi connectivity index (χ0n) is 14.3. The average molecular weight is 351 g/mol. The molecular weight excluding hydrogens is 329 g/mol. The lowest BCUT2D eigenvalue weighted by Gasteiger charge is -2.20. The van der Waals surface area contributed by atoms with Crippen molar-refractivity contribution < 1.29 is 28.2 Å². The number of rotatable bonds is 6. The van der Waals surface area contributed by atoms with E-state index in [-0.39, 0.29) is 11.7 Å². The van der Waals surface area contributed by atoms with Crippen LogP contribution in [0.3, 0.4) is 0 Å². The summed E-state index contributed by atoms with van der Waals surface area (Å²) in [5, 5.41) is 0. The number of esters is 1. The monoisotopic (exact) mass is 351 g/mol. The third-order valence-corrected chi connectivity index (χ3v) is 4.10. The molecule has 0 saturated heterocycles. The first-order chi connectivity index (χ1) is 11.8. The molecule has 1 atom stereocenters. The molecule has 136 valence electrons. The highest BCUT2D eigenvalue weighted by atomic mass is 19.1. The molecule has 1 aliphatic carbocycles. The summed E-state index contributed by atoms with van der Waals surface area (Å²) in [5.74, 6) is -2.69. The molecule has 2 rings (SSSR count). The van der Waals surface area contributed by atoms with E-state index in [9.17, 15) is 14.0 Å². The topological polar surface area (TPSA) is 87.8 Å². The van der Waals surface area contributed by atoms with Gasteiger partial charge in [0.1, 0.15) is 11.7 Å². The zero-order chi connectivity index (χ0) is 18.6. The molecule has 7 heteroatoms. The second-order valence-electron chi connectivity index (χ2n) is 6.07. The number of carbonyl (C=O) groups excluding carboxylic acids is 2. The van der Waals surface area contributed by atoms with Gasteiger partial charge in [-0.05, 0) is 38.7 Å². The zero-order valence-corrected chi connectivity index (χ0v) is 14.3. The highest BCUT2D eigenvalue weighted by Gasteiger charge is 2.29. The Morgan fingerprint density at radius 2 is 1.96 bits per heavy atom. The molecule has 0 heterocycles. The first-order valence-corrected chi connectivity index (χ1v) is 8.04. The van der Waals surface area contributed by atoms with Gasteiger partial charge in [-0.1, -0.05) is 12.2 Å². The average Bonchev–Trinajstić information content (AvgIpc) is 3.03. The second kappa shape index (κ2) is 8.00. The first kappa shape index (κ1) is 18.8. The van der Waals surface area contributed by atoms with Gasteiger partial charge >= 0.3 is 12.1 Å². The number of hydrogen-bond acceptors (Lipinski definition) is 5. The van der Waals surface area contributed by atoms with Crippen molar-refractivity contribution >= 4 is 12.1 Å². The SMILES string of the molecule is C=C(C)C(C(=O)OC)c1cc(OC2CCCC2)cc(OC(N)=O)c1F. The van der Waals surface area contributed by atoms with Crippen LogP contribution in [0.15, 0.2) is 24.3 Å². The number of carbonyl (C=O) groups is 2. The van der Waals surface area contributed by atoms with Crippen molar-refractivity contribution in [3.8, 4) is 11.5 Å². The van der Waals surface area contributed by atoms with Gasteiger partial charge < -0.3 is 19.9 Å². The maximum atomic E-state index is 14.8. The number of primary amides is 1. The van der Waals surface area contributed by atoms with E-state index in [0.717, 1.165) is 25.7 Å². The highest BCUT2D eigenvalue weighted by molar-refractivity contribution is 5.82. The number of halogens is 1. The Bertz CT molecular complexity index is 682. The number of amides is 1. The summed E-state index contributed by atoms with van der Waals surface area (Å²) in [7, 11) is 1.20. The van der Waals surface area contributed by atoms with Crippen LogP contribution < -0.4 is 15.2 Å². The highest BCUT2D eigenvalue weighted by Crippen LogP contribution is 2.36. The minimum absolute atomic E-state index is 0.00106. The van der Waals surface area contributed by atoms with Crippen molar-refractivity contribution in [3.05, 3.63) is 35.7 Å². The molecule has 2 N–H and O–H groups in total. The molecule has 1 unspecified atom stereocenters. The number of ether oxygens (including phenoxy) is 3. The summed E-state index contributed by atoms with van der Waals surface area (Å²) >= 11 is 0. The Labute approximate surface area is 145 Å². The van der Waals surface area contributed by atoms with Crippen LogP contribution in [0, 0.1) is 5.82 Å². The van der Waals surface area contributed by atoms with Gasteiger partial charge in [0, 0.05) is 11.6 Å². The van der Waals surface area contributed by atoms with Crippen LogP contribution in [0.5, 0.6) is 11.5 Å². The normalized spacial score (nSPS) is 15.5. The molecule has 1 aliphatic rings. The molecule has 0 radical (unpaired) electrons. The Morgan fingerprint density at radius 1 is 1.32 bits per heavy atom. The fraction of sp³-hybridized carbons (Fsp3) is 0.444. The lowest BCUT2D eigenvalue weighted by Crippen LogP contribution is -2.20. The molecule has 0 aliphatic heterocycles. The van der Waals surface area contributed by atoms with Crippen LogP contribution in [-0.4, -0.2) is 25.3 Å². The molecule has 0 aromatic heterocycles. The lowest BCUT2D eigenvalue weighted by molar-refractivity contribution is -0.141. The Morgan fingerprint density at radius 3 is 2.48 bits per heavy atom. The van der Waals surface area contributed by atoms with Gasteiger partial charge in [0.15, 0.2) is 11.6 Å². The van der Waals surface area contributed by atoms with E-state index < -0.39 is 29.5 Å². The summed E-state index contributed by atoms with van der Waals surface area (Å²) < 4.78 is 30.1. The Kier molecular flexibility index (Phi) is 6.01. The lowest BCUT2D eigenvalue weighted by atomic mass is 9.92. The molecule has 1 aromatic carbocycles. The van der Waals surface area contributed by atoms with Gasteiger partial charge in [-0.2, -0.15) is 0 Å². The number of methoxy groups -OCH3 is 1. The van der Waals surface area contributed by atoms with Crippen LogP contribution >= 0.6 is 0 Å². The Hall–Kier alpha value is -2.57. The molecule has 0 spiro atoms. The van der Waals surface area contributed by atoms with Crippen LogP contribution in [0.1, 0.15) is 44.1 Å². The van der Waals surface area contributed by atoms with Gasteiger partial charge in [-0.25, -0.2) is 9.18 Å². The van der Waals surface area contributed by atoms with E-state index in [2.05, 4.69) is 6.58 Å². The van der Waals surface area contributed by atoms with Crippen molar-refractivity contribution in [1.82, 2.24) is 0 Å². The minimum Gasteiger partial charge on any atom is -0.490 e. The van der Waals surface area contributed by atoms with Gasteiger partial charge in [-0.3, -0.25) is 4.79 Å². The van der Waals surface area contributed by atoms with E-state index >= 15 is 0 Å². The van der Waals surface area contributed by atoms with E-state index in [4.69, 9.17) is 19.9 Å². The number of benzene rings is 1. The molecule has 6 nitrogen and oxygen atoms in total. The predicted molar refractivity (Wildman–Crippen MR) is 89.1 cm³/mol. The second-order valence-corrected chi connectivity index (χ2v) is 6.07. The van der Waals surface area contributed by atoms with E-state index in [1.807, 2.05) is 0 Å². The fourth-order valence-electron chi connectivity index (χ4n) is 2.96. The number of nitrogens with two attached hydrogens (primary N) is 1. The van der Waals surface area contributed by atoms with Crippen molar-refractivity contribution in [3.63, 3.8) is 0 Å². The molecular formula is C18H22FNO5. The van der Waals surface area contributed by atoms with E-state index in [1.54, 1.807) is 6.92 Å². The standard InChI is InChI=1S/C18H22FNO5/c1-10(2)15(17(21)23-3)13-8-12(24-11-6-4-5-7-11)9-14(16(13)19)25-18(20)22/h8-9,11,15H,1,4-7H2,2-3H3,(H2,20,22). The van der Waals surface area contributed by atoms with E-state index in [0.29, 0.717) is 11.3 Å². The number of hydrogen-bond donors (Lipinski definition) is 1. The maximum absolute atomic E-state index is 14.8. The molecule has 25 heavy (non-hydrogen) atoms. The van der Waals surface area contributed by atoms with Crippen molar-refractivity contribution in [1.29, 1.82) is 0 Å². The summed E-state index contributed by atoms with van der Waals surface area (Å²) in [5.41, 5.74) is 5.35. The summed E-state index contributed by atoms with van der Waals surface area (Å²) in [6, 6.07) is 2.67. The minimum atomic E-state index is -1.16. The first-order valence-electron chi connectivity index (χ1n) is 8.04. The summed E-state index contributed by atoms with van der Waals surface area (Å²) in [6.07, 6.45) is 2.73. The van der Waals surface area contributed by atoms with Gasteiger partial charge in [0.25, 0.3) is 0 Å². The molecule has 0 bridgehead atoms. The summed E-state index contributed by atoms with van der Waals surface area (Å²) in [4.78, 5) is 23.1. The van der Waals surface area contributed by atoms with Crippen LogP contribution in [-0.2, 0) is 9.53 Å². The van der Waals surface area contributed by atoms with Crippen LogP contribution in [0.4, 0.5) is 9.18 Å². The third kappa shape index (κ3) is 4.49. The molecule has 1 aromatic rings.